The Balaban J connectivity index is 2.84. The maximum Gasteiger partial charge on any atom is 0.327 e. The first-order valence-electron chi connectivity index (χ1n) is 5.49. The Bertz CT molecular complexity index is 376. The molecule has 0 bridgehead atoms. The third kappa shape index (κ3) is 3.17. The Morgan fingerprint density at radius 1 is 1.47 bits per heavy atom. The Labute approximate surface area is 102 Å². The summed E-state index contributed by atoms with van der Waals surface area (Å²) in [6.07, 6.45) is 1.61. The van der Waals surface area contributed by atoms with Crippen LogP contribution in [0.2, 0.25) is 0 Å². The highest BCUT2D eigenvalue weighted by molar-refractivity contribution is 5.77. The molecule has 0 aliphatic rings. The summed E-state index contributed by atoms with van der Waals surface area (Å²) in [6.45, 7) is 4.16. The fourth-order valence-electron chi connectivity index (χ4n) is 1.32. The monoisotopic (exact) mass is 237 g/mol. The Morgan fingerprint density at radius 2 is 2.12 bits per heavy atom. The molecular weight excluding hydrogens is 218 g/mol. The van der Waals surface area contributed by atoms with Gasteiger partial charge in [0.1, 0.15) is 11.9 Å². The third-order valence-electron chi connectivity index (χ3n) is 2.72. The van der Waals surface area contributed by atoms with Crippen LogP contribution in [-0.4, -0.2) is 31.2 Å². The van der Waals surface area contributed by atoms with Crippen molar-refractivity contribution in [2.24, 2.45) is 5.73 Å². The van der Waals surface area contributed by atoms with E-state index in [1.165, 1.54) is 7.11 Å². The van der Waals surface area contributed by atoms with Gasteiger partial charge in [0.05, 0.1) is 7.11 Å². The number of hydrogen-bond donors (Lipinski definition) is 1. The zero-order valence-corrected chi connectivity index (χ0v) is 10.7. The number of aromatic nitrogens is 1. The fourth-order valence-corrected chi connectivity index (χ4v) is 1.32. The molecule has 0 amide bonds. The Kier molecular flexibility index (Phi) is 4.45. The molecular formula is C12H19N3O2. The van der Waals surface area contributed by atoms with Gasteiger partial charge in [0.2, 0.25) is 0 Å². The highest BCUT2D eigenvalue weighted by atomic mass is 16.5. The minimum Gasteiger partial charge on any atom is -0.468 e. The SMILES string of the molecule is COC(=O)C(N)c1ccc(N(C)C(C)C)nc1. The van der Waals surface area contributed by atoms with Gasteiger partial charge in [-0.25, -0.2) is 4.98 Å². The summed E-state index contributed by atoms with van der Waals surface area (Å²) < 4.78 is 4.58. The molecule has 1 rings (SSSR count). The molecule has 1 aromatic rings. The van der Waals surface area contributed by atoms with Crippen LogP contribution in [0.4, 0.5) is 5.82 Å². The van der Waals surface area contributed by atoms with Gasteiger partial charge in [-0.05, 0) is 25.5 Å². The first-order chi connectivity index (χ1) is 7.97. The molecule has 94 valence electrons. The molecule has 0 saturated carbocycles. The molecule has 5 nitrogen and oxygen atoms in total. The van der Waals surface area contributed by atoms with E-state index in [1.54, 1.807) is 12.3 Å². The van der Waals surface area contributed by atoms with Gasteiger partial charge in [0, 0.05) is 19.3 Å². The Hall–Kier alpha value is -1.62. The maximum absolute atomic E-state index is 11.3. The molecule has 0 saturated heterocycles. The standard InChI is InChI=1S/C12H19N3O2/c1-8(2)15(3)10-6-5-9(7-14-10)11(13)12(16)17-4/h5-8,11H,13H2,1-4H3. The van der Waals surface area contributed by atoms with Crippen LogP contribution in [0.5, 0.6) is 0 Å². The van der Waals surface area contributed by atoms with Crippen molar-refractivity contribution in [2.45, 2.75) is 25.9 Å². The summed E-state index contributed by atoms with van der Waals surface area (Å²) >= 11 is 0. The van der Waals surface area contributed by atoms with Gasteiger partial charge < -0.3 is 15.4 Å². The van der Waals surface area contributed by atoms with Crippen LogP contribution in [0, 0.1) is 0 Å². The average Bonchev–Trinajstić information content (AvgIpc) is 2.36. The van der Waals surface area contributed by atoms with E-state index in [9.17, 15) is 4.79 Å². The van der Waals surface area contributed by atoms with Crippen molar-refractivity contribution < 1.29 is 9.53 Å². The molecule has 1 unspecified atom stereocenters. The van der Waals surface area contributed by atoms with Gasteiger partial charge >= 0.3 is 5.97 Å². The number of esters is 1. The number of methoxy groups -OCH3 is 1. The lowest BCUT2D eigenvalue weighted by Gasteiger charge is -2.22. The highest BCUT2D eigenvalue weighted by Gasteiger charge is 2.16. The predicted octanol–water partition coefficient (Wildman–Crippen LogP) is 1.10. The smallest absolute Gasteiger partial charge is 0.327 e. The van der Waals surface area contributed by atoms with Crippen LogP contribution in [0.25, 0.3) is 0 Å². The Morgan fingerprint density at radius 3 is 2.53 bits per heavy atom. The minimum absolute atomic E-state index is 0.364. The van der Waals surface area contributed by atoms with Crippen molar-refractivity contribution >= 4 is 11.8 Å². The molecule has 0 fully saturated rings. The van der Waals surface area contributed by atoms with Crippen LogP contribution in [0.3, 0.4) is 0 Å². The molecule has 1 aromatic heterocycles. The second-order valence-electron chi connectivity index (χ2n) is 4.16. The first-order valence-corrected chi connectivity index (χ1v) is 5.49. The summed E-state index contributed by atoms with van der Waals surface area (Å²) in [5.74, 6) is 0.387. The van der Waals surface area contributed by atoms with E-state index in [4.69, 9.17) is 5.73 Å². The van der Waals surface area contributed by atoms with Gasteiger partial charge in [-0.1, -0.05) is 6.07 Å². The van der Waals surface area contributed by atoms with Gasteiger partial charge in [0.15, 0.2) is 0 Å². The van der Waals surface area contributed by atoms with E-state index in [1.807, 2.05) is 18.0 Å². The van der Waals surface area contributed by atoms with E-state index in [0.717, 1.165) is 5.82 Å². The molecule has 0 aliphatic heterocycles. The van der Waals surface area contributed by atoms with Gasteiger partial charge in [-0.2, -0.15) is 0 Å². The number of carbonyl (C=O) groups is 1. The van der Waals surface area contributed by atoms with Crippen LogP contribution < -0.4 is 10.6 Å². The number of pyridine rings is 1. The number of nitrogens with zero attached hydrogens (tertiary/aromatic N) is 2. The second-order valence-corrected chi connectivity index (χ2v) is 4.16. The quantitative estimate of drug-likeness (QED) is 0.794. The van der Waals surface area contributed by atoms with E-state index >= 15 is 0 Å². The third-order valence-corrected chi connectivity index (χ3v) is 2.72. The molecule has 1 heterocycles. The van der Waals surface area contributed by atoms with Crippen LogP contribution in [0.15, 0.2) is 18.3 Å². The van der Waals surface area contributed by atoms with Crippen molar-refractivity contribution in [2.75, 3.05) is 19.1 Å². The lowest BCUT2D eigenvalue weighted by molar-refractivity contribution is -0.142. The summed E-state index contributed by atoms with van der Waals surface area (Å²) in [4.78, 5) is 17.6. The van der Waals surface area contributed by atoms with E-state index in [-0.39, 0.29) is 0 Å². The summed E-state index contributed by atoms with van der Waals surface area (Å²) in [5, 5.41) is 0. The molecule has 1 atom stereocenters. The second kappa shape index (κ2) is 5.63. The zero-order chi connectivity index (χ0) is 13.0. The number of hydrogen-bond acceptors (Lipinski definition) is 5. The van der Waals surface area contributed by atoms with E-state index in [0.29, 0.717) is 11.6 Å². The number of ether oxygens (including phenoxy) is 1. The average molecular weight is 237 g/mol. The van der Waals surface area contributed by atoms with Crippen LogP contribution in [0.1, 0.15) is 25.5 Å². The number of nitrogens with two attached hydrogens (primary N) is 1. The molecule has 17 heavy (non-hydrogen) atoms. The molecule has 0 spiro atoms. The van der Waals surface area contributed by atoms with Gasteiger partial charge in [0.25, 0.3) is 0 Å². The van der Waals surface area contributed by atoms with Crippen molar-refractivity contribution in [3.8, 4) is 0 Å². The molecule has 2 N–H and O–H groups in total. The lowest BCUT2D eigenvalue weighted by Crippen LogP contribution is -2.27. The van der Waals surface area contributed by atoms with Crippen molar-refractivity contribution in [1.82, 2.24) is 4.98 Å². The molecule has 5 heteroatoms. The van der Waals surface area contributed by atoms with Gasteiger partial charge in [-0.3, -0.25) is 4.79 Å². The fraction of sp³-hybridized carbons (Fsp3) is 0.500. The maximum atomic E-state index is 11.3. The lowest BCUT2D eigenvalue weighted by atomic mass is 10.1. The molecule has 0 aliphatic carbocycles. The number of rotatable bonds is 4. The van der Waals surface area contributed by atoms with E-state index in [2.05, 4.69) is 23.6 Å². The highest BCUT2D eigenvalue weighted by Crippen LogP contribution is 2.16. The van der Waals surface area contributed by atoms with Crippen molar-refractivity contribution in [3.63, 3.8) is 0 Å². The van der Waals surface area contributed by atoms with Gasteiger partial charge in [-0.15, -0.1) is 0 Å². The molecule has 0 aromatic carbocycles. The topological polar surface area (TPSA) is 68.5 Å². The van der Waals surface area contributed by atoms with Crippen LogP contribution in [-0.2, 0) is 9.53 Å². The summed E-state index contributed by atoms with van der Waals surface area (Å²) in [7, 11) is 3.28. The normalized spacial score (nSPS) is 12.4. The predicted molar refractivity (Wildman–Crippen MR) is 66.7 cm³/mol. The zero-order valence-electron chi connectivity index (χ0n) is 10.7. The molecule has 0 radical (unpaired) electrons. The number of carbonyl (C=O) groups excluding carboxylic acids is 1. The summed E-state index contributed by atoms with van der Waals surface area (Å²) in [5.41, 5.74) is 6.36. The number of anilines is 1. The largest absolute Gasteiger partial charge is 0.468 e. The van der Waals surface area contributed by atoms with Crippen molar-refractivity contribution in [1.29, 1.82) is 0 Å². The minimum atomic E-state index is -0.772. The van der Waals surface area contributed by atoms with Crippen molar-refractivity contribution in [3.05, 3.63) is 23.9 Å². The first kappa shape index (κ1) is 13.4. The summed E-state index contributed by atoms with van der Waals surface area (Å²) in [6, 6.07) is 3.23. The van der Waals surface area contributed by atoms with Crippen LogP contribution >= 0.6 is 0 Å². The van der Waals surface area contributed by atoms with E-state index < -0.39 is 12.0 Å².